The summed E-state index contributed by atoms with van der Waals surface area (Å²) in [6.07, 6.45) is 3.86. The molecule has 12 heavy (non-hydrogen) atoms. The maximum absolute atomic E-state index is 10.5. The predicted octanol–water partition coefficient (Wildman–Crippen LogP) is 1.57. The SMILES string of the molecule is C=CCCCC(C)(N)C(=O)O.Cl. The van der Waals surface area contributed by atoms with Crippen molar-refractivity contribution in [3.05, 3.63) is 12.7 Å². The molecule has 0 aliphatic rings. The summed E-state index contributed by atoms with van der Waals surface area (Å²) in [4.78, 5) is 10.5. The van der Waals surface area contributed by atoms with Gasteiger partial charge in [0.1, 0.15) is 5.54 Å². The van der Waals surface area contributed by atoms with E-state index in [1.165, 1.54) is 6.92 Å². The Bertz CT molecular complexity index is 157. The molecular formula is C8H16ClNO2. The summed E-state index contributed by atoms with van der Waals surface area (Å²) in [7, 11) is 0. The standard InChI is InChI=1S/C8H15NO2.ClH/c1-3-4-5-6-8(2,9)7(10)11;/h3H,1,4-6,9H2,2H3,(H,10,11);1H. The molecule has 0 radical (unpaired) electrons. The van der Waals surface area contributed by atoms with Gasteiger partial charge in [0.15, 0.2) is 0 Å². The number of halogens is 1. The molecule has 3 nitrogen and oxygen atoms in total. The van der Waals surface area contributed by atoms with Crippen LogP contribution in [0.15, 0.2) is 12.7 Å². The predicted molar refractivity (Wildman–Crippen MR) is 51.5 cm³/mol. The molecule has 0 saturated carbocycles. The number of allylic oxidation sites excluding steroid dienone is 1. The monoisotopic (exact) mass is 193 g/mol. The van der Waals surface area contributed by atoms with Crippen LogP contribution in [0.4, 0.5) is 0 Å². The maximum atomic E-state index is 10.5. The minimum atomic E-state index is -1.08. The topological polar surface area (TPSA) is 63.3 Å². The zero-order valence-electron chi connectivity index (χ0n) is 7.25. The lowest BCUT2D eigenvalue weighted by Gasteiger charge is -2.17. The highest BCUT2D eigenvalue weighted by molar-refractivity contribution is 5.85. The number of carbonyl (C=O) groups is 1. The molecule has 4 heteroatoms. The number of hydrogen-bond acceptors (Lipinski definition) is 2. The van der Waals surface area contributed by atoms with Crippen LogP contribution < -0.4 is 5.73 Å². The zero-order chi connectivity index (χ0) is 8.91. The lowest BCUT2D eigenvalue weighted by Crippen LogP contribution is -2.44. The van der Waals surface area contributed by atoms with Crippen LogP contribution in [-0.2, 0) is 4.79 Å². The summed E-state index contributed by atoms with van der Waals surface area (Å²) in [5.41, 5.74) is 4.39. The number of carboxylic acids is 1. The molecule has 0 rings (SSSR count). The van der Waals surface area contributed by atoms with Gasteiger partial charge in [-0.25, -0.2) is 0 Å². The second kappa shape index (κ2) is 6.03. The maximum Gasteiger partial charge on any atom is 0.323 e. The van der Waals surface area contributed by atoms with Gasteiger partial charge in [0.05, 0.1) is 0 Å². The Hall–Kier alpha value is -0.540. The van der Waals surface area contributed by atoms with Crippen LogP contribution in [-0.4, -0.2) is 16.6 Å². The Labute approximate surface area is 79.1 Å². The molecule has 0 saturated heterocycles. The number of carboxylic acid groups (broad SMARTS) is 1. The van der Waals surface area contributed by atoms with Crippen LogP contribution in [0.2, 0.25) is 0 Å². The van der Waals surface area contributed by atoms with Gasteiger partial charge in [0.2, 0.25) is 0 Å². The van der Waals surface area contributed by atoms with E-state index >= 15 is 0 Å². The summed E-state index contributed by atoms with van der Waals surface area (Å²) in [6, 6.07) is 0. The van der Waals surface area contributed by atoms with Crippen LogP contribution in [0.3, 0.4) is 0 Å². The van der Waals surface area contributed by atoms with Gasteiger partial charge in [-0.2, -0.15) is 0 Å². The first kappa shape index (κ1) is 14.0. The molecular weight excluding hydrogens is 178 g/mol. The van der Waals surface area contributed by atoms with Gasteiger partial charge < -0.3 is 10.8 Å². The molecule has 0 aliphatic carbocycles. The summed E-state index contributed by atoms with van der Waals surface area (Å²) >= 11 is 0. The van der Waals surface area contributed by atoms with Crippen molar-refractivity contribution in [2.75, 3.05) is 0 Å². The van der Waals surface area contributed by atoms with Gasteiger partial charge in [0, 0.05) is 0 Å². The molecule has 0 bridgehead atoms. The second-order valence-corrected chi connectivity index (χ2v) is 2.90. The first-order valence-corrected chi connectivity index (χ1v) is 3.64. The van der Waals surface area contributed by atoms with Gasteiger partial charge in [-0.1, -0.05) is 6.08 Å². The fourth-order valence-corrected chi connectivity index (χ4v) is 0.721. The summed E-state index contributed by atoms with van der Waals surface area (Å²) < 4.78 is 0. The fraction of sp³-hybridized carbons (Fsp3) is 0.625. The smallest absolute Gasteiger partial charge is 0.323 e. The average Bonchev–Trinajstić information content (AvgIpc) is 1.88. The second-order valence-electron chi connectivity index (χ2n) is 2.90. The Morgan fingerprint density at radius 1 is 1.75 bits per heavy atom. The van der Waals surface area contributed by atoms with E-state index in [0.29, 0.717) is 6.42 Å². The Balaban J connectivity index is 0. The van der Waals surface area contributed by atoms with Gasteiger partial charge in [-0.3, -0.25) is 4.79 Å². The zero-order valence-corrected chi connectivity index (χ0v) is 8.06. The van der Waals surface area contributed by atoms with E-state index in [1.54, 1.807) is 6.08 Å². The van der Waals surface area contributed by atoms with Crippen molar-refractivity contribution in [2.45, 2.75) is 31.7 Å². The molecule has 0 aliphatic heterocycles. The Kier molecular flexibility index (Phi) is 7.04. The van der Waals surface area contributed by atoms with Crippen molar-refractivity contribution in [3.8, 4) is 0 Å². The highest BCUT2D eigenvalue weighted by Gasteiger charge is 2.26. The third kappa shape index (κ3) is 5.16. The largest absolute Gasteiger partial charge is 0.480 e. The van der Waals surface area contributed by atoms with E-state index in [0.717, 1.165) is 12.8 Å². The van der Waals surface area contributed by atoms with Crippen molar-refractivity contribution in [1.82, 2.24) is 0 Å². The van der Waals surface area contributed by atoms with E-state index in [-0.39, 0.29) is 12.4 Å². The summed E-state index contributed by atoms with van der Waals surface area (Å²) in [6.45, 7) is 5.06. The van der Waals surface area contributed by atoms with E-state index in [4.69, 9.17) is 10.8 Å². The Morgan fingerprint density at radius 3 is 2.58 bits per heavy atom. The molecule has 0 aromatic heterocycles. The van der Waals surface area contributed by atoms with E-state index < -0.39 is 11.5 Å². The molecule has 0 fully saturated rings. The molecule has 3 N–H and O–H groups in total. The van der Waals surface area contributed by atoms with Crippen molar-refractivity contribution in [3.63, 3.8) is 0 Å². The molecule has 0 aromatic carbocycles. The quantitative estimate of drug-likeness (QED) is 0.515. The molecule has 0 amide bonds. The van der Waals surface area contributed by atoms with Gasteiger partial charge in [-0.05, 0) is 26.2 Å². The highest BCUT2D eigenvalue weighted by atomic mass is 35.5. The highest BCUT2D eigenvalue weighted by Crippen LogP contribution is 2.10. The lowest BCUT2D eigenvalue weighted by molar-refractivity contribution is -0.142. The van der Waals surface area contributed by atoms with Gasteiger partial charge >= 0.3 is 5.97 Å². The van der Waals surface area contributed by atoms with Crippen LogP contribution in [0.25, 0.3) is 0 Å². The van der Waals surface area contributed by atoms with Crippen LogP contribution in [0.5, 0.6) is 0 Å². The van der Waals surface area contributed by atoms with Crippen molar-refractivity contribution < 1.29 is 9.90 Å². The number of rotatable bonds is 5. The van der Waals surface area contributed by atoms with Gasteiger partial charge in [-0.15, -0.1) is 19.0 Å². The molecule has 0 heterocycles. The van der Waals surface area contributed by atoms with Crippen LogP contribution in [0.1, 0.15) is 26.2 Å². The fourth-order valence-electron chi connectivity index (χ4n) is 0.721. The number of aliphatic carboxylic acids is 1. The third-order valence-electron chi connectivity index (χ3n) is 1.59. The first-order valence-electron chi connectivity index (χ1n) is 3.64. The summed E-state index contributed by atoms with van der Waals surface area (Å²) in [5, 5.41) is 8.59. The molecule has 72 valence electrons. The van der Waals surface area contributed by atoms with E-state index in [2.05, 4.69) is 6.58 Å². The minimum absolute atomic E-state index is 0. The molecule has 1 atom stereocenters. The number of nitrogens with two attached hydrogens (primary N) is 1. The van der Waals surface area contributed by atoms with Crippen molar-refractivity contribution in [1.29, 1.82) is 0 Å². The summed E-state index contributed by atoms with van der Waals surface area (Å²) in [5.74, 6) is -0.943. The molecule has 0 spiro atoms. The normalized spacial score (nSPS) is 14.2. The minimum Gasteiger partial charge on any atom is -0.480 e. The van der Waals surface area contributed by atoms with Gasteiger partial charge in [0.25, 0.3) is 0 Å². The first-order chi connectivity index (χ1) is 5.00. The Morgan fingerprint density at radius 2 is 2.25 bits per heavy atom. The van der Waals surface area contributed by atoms with E-state index in [9.17, 15) is 4.79 Å². The van der Waals surface area contributed by atoms with Crippen molar-refractivity contribution in [2.24, 2.45) is 5.73 Å². The average molecular weight is 194 g/mol. The van der Waals surface area contributed by atoms with E-state index in [1.807, 2.05) is 0 Å². The molecule has 1 unspecified atom stereocenters. The van der Waals surface area contributed by atoms with Crippen LogP contribution in [0, 0.1) is 0 Å². The molecule has 0 aromatic rings. The number of hydrogen-bond donors (Lipinski definition) is 2. The number of unbranched alkanes of at least 4 members (excludes halogenated alkanes) is 1. The lowest BCUT2D eigenvalue weighted by atomic mass is 9.96. The van der Waals surface area contributed by atoms with Crippen LogP contribution >= 0.6 is 12.4 Å². The third-order valence-corrected chi connectivity index (χ3v) is 1.59. The van der Waals surface area contributed by atoms with Crippen molar-refractivity contribution >= 4 is 18.4 Å².